The standard InChI is InChI=1S/C19H17FN4O3S2/c1-2-29(26,27)23-11-13-5-6-14(20)15(8-13)22-7-3-4-12-9-16(25)18-17(10-12)28-19(21)24-18/h2,5-6,8-10,22-23,25H,1,7,11H2,(H2,21,24). The van der Waals surface area contributed by atoms with Crippen molar-refractivity contribution < 1.29 is 17.9 Å². The maximum absolute atomic E-state index is 14.0. The molecule has 0 fully saturated rings. The van der Waals surface area contributed by atoms with Crippen molar-refractivity contribution in [3.8, 4) is 17.6 Å². The van der Waals surface area contributed by atoms with Crippen LogP contribution >= 0.6 is 11.3 Å². The maximum atomic E-state index is 14.0. The van der Waals surface area contributed by atoms with Crippen LogP contribution in [0.4, 0.5) is 15.2 Å². The normalized spacial score (nSPS) is 11.1. The van der Waals surface area contributed by atoms with E-state index in [1.54, 1.807) is 6.07 Å². The van der Waals surface area contributed by atoms with E-state index in [2.05, 4.69) is 33.4 Å². The summed E-state index contributed by atoms with van der Waals surface area (Å²) >= 11 is 1.25. The molecule has 1 aromatic heterocycles. The SMILES string of the molecule is C=CS(=O)(=O)NCc1ccc(F)c(NCC#Cc2cc(O)c3nc(N)sc3c2)c1. The molecule has 0 radical (unpaired) electrons. The van der Waals surface area contributed by atoms with Crippen LogP contribution in [0, 0.1) is 17.7 Å². The molecule has 0 amide bonds. The fourth-order valence-electron chi connectivity index (χ4n) is 2.45. The lowest BCUT2D eigenvalue weighted by atomic mass is 10.2. The molecule has 0 saturated heterocycles. The molecule has 1 heterocycles. The lowest BCUT2D eigenvalue weighted by Crippen LogP contribution is -2.20. The number of thiazole rings is 1. The van der Waals surface area contributed by atoms with Gasteiger partial charge in [-0.2, -0.15) is 0 Å². The van der Waals surface area contributed by atoms with Crippen LogP contribution in [0.25, 0.3) is 10.2 Å². The Hall–Kier alpha value is -3.13. The molecule has 5 N–H and O–H groups in total. The van der Waals surface area contributed by atoms with Crippen molar-refractivity contribution >= 4 is 42.4 Å². The summed E-state index contributed by atoms with van der Waals surface area (Å²) in [5.41, 5.74) is 7.43. The van der Waals surface area contributed by atoms with Crippen LogP contribution in [0.2, 0.25) is 0 Å². The molecule has 29 heavy (non-hydrogen) atoms. The van der Waals surface area contributed by atoms with Crippen LogP contribution in [0.1, 0.15) is 11.1 Å². The summed E-state index contributed by atoms with van der Waals surface area (Å²) in [6.45, 7) is 3.36. The number of halogens is 1. The zero-order chi connectivity index (χ0) is 21.0. The second-order valence-corrected chi connectivity index (χ2v) is 8.67. The molecule has 7 nitrogen and oxygen atoms in total. The number of fused-ring (bicyclic) bond motifs is 1. The zero-order valence-corrected chi connectivity index (χ0v) is 16.7. The summed E-state index contributed by atoms with van der Waals surface area (Å²) in [5.74, 6) is 5.24. The average Bonchev–Trinajstić information content (AvgIpc) is 3.06. The summed E-state index contributed by atoms with van der Waals surface area (Å²) in [6.07, 6.45) is 0. The molecule has 0 aliphatic rings. The van der Waals surface area contributed by atoms with E-state index in [1.807, 2.05) is 0 Å². The zero-order valence-electron chi connectivity index (χ0n) is 15.1. The number of aromatic hydroxyl groups is 1. The van der Waals surface area contributed by atoms with Gasteiger partial charge in [-0.1, -0.05) is 35.8 Å². The number of rotatable bonds is 6. The van der Waals surface area contributed by atoms with Crippen molar-refractivity contribution in [1.29, 1.82) is 0 Å². The Bertz CT molecular complexity index is 1240. The van der Waals surface area contributed by atoms with Crippen LogP contribution in [0.15, 0.2) is 42.3 Å². The minimum Gasteiger partial charge on any atom is -0.506 e. The van der Waals surface area contributed by atoms with E-state index < -0.39 is 15.8 Å². The van der Waals surface area contributed by atoms with Crippen LogP contribution in [-0.4, -0.2) is 25.1 Å². The Kier molecular flexibility index (Phi) is 6.03. The largest absolute Gasteiger partial charge is 0.506 e. The third-order valence-corrected chi connectivity index (χ3v) is 5.64. The van der Waals surface area contributed by atoms with E-state index >= 15 is 0 Å². The predicted octanol–water partition coefficient (Wildman–Crippen LogP) is 2.75. The van der Waals surface area contributed by atoms with Crippen molar-refractivity contribution in [3.05, 3.63) is 59.3 Å². The molecule has 0 unspecified atom stereocenters. The number of benzene rings is 2. The van der Waals surface area contributed by atoms with Gasteiger partial charge in [0.15, 0.2) is 5.13 Å². The summed E-state index contributed by atoms with van der Waals surface area (Å²) in [7, 11) is -3.56. The second kappa shape index (κ2) is 8.48. The van der Waals surface area contributed by atoms with Crippen molar-refractivity contribution in [2.45, 2.75) is 6.54 Å². The summed E-state index contributed by atoms with van der Waals surface area (Å²) < 4.78 is 39.8. The van der Waals surface area contributed by atoms with Crippen molar-refractivity contribution in [1.82, 2.24) is 9.71 Å². The lowest BCUT2D eigenvalue weighted by molar-refractivity contribution is 0.480. The third-order valence-electron chi connectivity index (χ3n) is 3.82. The molecule has 0 aliphatic carbocycles. The molecule has 10 heteroatoms. The first-order chi connectivity index (χ1) is 13.8. The average molecular weight is 433 g/mol. The highest BCUT2D eigenvalue weighted by Crippen LogP contribution is 2.31. The molecule has 3 aromatic rings. The van der Waals surface area contributed by atoms with Crippen LogP contribution < -0.4 is 15.8 Å². The van der Waals surface area contributed by atoms with Gasteiger partial charge in [-0.3, -0.25) is 0 Å². The quantitative estimate of drug-likeness (QED) is 0.445. The van der Waals surface area contributed by atoms with E-state index in [9.17, 15) is 17.9 Å². The van der Waals surface area contributed by atoms with Crippen molar-refractivity contribution in [2.75, 3.05) is 17.6 Å². The number of phenols is 1. The van der Waals surface area contributed by atoms with Gasteiger partial charge in [-0.25, -0.2) is 22.5 Å². The number of nitrogens with one attached hydrogen (secondary N) is 2. The first kappa shape index (κ1) is 20.6. The second-order valence-electron chi connectivity index (χ2n) is 5.90. The fraction of sp³-hybridized carbons (Fsp3) is 0.105. The number of nitrogen functional groups attached to an aromatic ring is 1. The number of nitrogens with two attached hydrogens (primary N) is 1. The van der Waals surface area contributed by atoms with E-state index in [-0.39, 0.29) is 24.5 Å². The number of anilines is 2. The number of nitrogens with zero attached hydrogens (tertiary/aromatic N) is 1. The molecule has 150 valence electrons. The van der Waals surface area contributed by atoms with Gasteiger partial charge >= 0.3 is 0 Å². The first-order valence-corrected chi connectivity index (χ1v) is 10.7. The summed E-state index contributed by atoms with van der Waals surface area (Å²) in [6, 6.07) is 7.48. The van der Waals surface area contributed by atoms with Crippen LogP contribution in [0.5, 0.6) is 5.75 Å². The molecule has 0 aliphatic heterocycles. The maximum Gasteiger partial charge on any atom is 0.233 e. The first-order valence-electron chi connectivity index (χ1n) is 8.30. The number of phenolic OH excluding ortho intramolecular Hbond substituents is 1. The van der Waals surface area contributed by atoms with E-state index in [0.717, 1.165) is 10.1 Å². The Labute approximate surface area is 171 Å². The Morgan fingerprint density at radius 3 is 2.90 bits per heavy atom. The van der Waals surface area contributed by atoms with E-state index in [1.165, 1.54) is 35.6 Å². The number of hydrogen-bond donors (Lipinski definition) is 4. The lowest BCUT2D eigenvalue weighted by Gasteiger charge is -2.08. The van der Waals surface area contributed by atoms with E-state index in [0.29, 0.717) is 21.8 Å². The minimum absolute atomic E-state index is 0.00608. The predicted molar refractivity (Wildman–Crippen MR) is 113 cm³/mol. The molecule has 2 aromatic carbocycles. The smallest absolute Gasteiger partial charge is 0.233 e. The van der Waals surface area contributed by atoms with Gasteiger partial charge < -0.3 is 16.2 Å². The van der Waals surface area contributed by atoms with Crippen molar-refractivity contribution in [2.24, 2.45) is 0 Å². The van der Waals surface area contributed by atoms with Gasteiger partial charge in [0, 0.05) is 17.5 Å². The summed E-state index contributed by atoms with van der Waals surface area (Å²) in [4.78, 5) is 4.04. The molecule has 0 saturated carbocycles. The molecular formula is C19H17FN4O3S2. The van der Waals surface area contributed by atoms with Gasteiger partial charge in [-0.05, 0) is 29.8 Å². The van der Waals surface area contributed by atoms with Gasteiger partial charge in [0.2, 0.25) is 10.0 Å². The third kappa shape index (κ3) is 5.23. The van der Waals surface area contributed by atoms with Gasteiger partial charge in [0.05, 0.1) is 16.9 Å². The Morgan fingerprint density at radius 1 is 1.34 bits per heavy atom. The highest BCUT2D eigenvalue weighted by atomic mass is 32.2. The van der Waals surface area contributed by atoms with Gasteiger partial charge in [-0.15, -0.1) is 0 Å². The number of aromatic nitrogens is 1. The fourth-order valence-corrected chi connectivity index (χ4v) is 3.73. The van der Waals surface area contributed by atoms with Gasteiger partial charge in [0.25, 0.3) is 0 Å². The van der Waals surface area contributed by atoms with Crippen molar-refractivity contribution in [3.63, 3.8) is 0 Å². The molecular weight excluding hydrogens is 415 g/mol. The number of hydrogen-bond acceptors (Lipinski definition) is 7. The molecule has 0 atom stereocenters. The van der Waals surface area contributed by atoms with Crippen LogP contribution in [-0.2, 0) is 16.6 Å². The summed E-state index contributed by atoms with van der Waals surface area (Å²) in [5, 5.41) is 14.0. The highest BCUT2D eigenvalue weighted by molar-refractivity contribution is 7.92. The van der Waals surface area contributed by atoms with Gasteiger partial charge in [0.1, 0.15) is 17.1 Å². The topological polar surface area (TPSA) is 117 Å². The molecule has 0 bridgehead atoms. The minimum atomic E-state index is -3.56. The molecule has 0 spiro atoms. The van der Waals surface area contributed by atoms with E-state index in [4.69, 9.17) is 5.73 Å². The Morgan fingerprint density at radius 2 is 2.14 bits per heavy atom. The monoisotopic (exact) mass is 432 g/mol. The van der Waals surface area contributed by atoms with Crippen LogP contribution in [0.3, 0.4) is 0 Å². The molecule has 3 rings (SSSR count). The highest BCUT2D eigenvalue weighted by Gasteiger charge is 2.08. The Balaban J connectivity index is 1.68. The number of sulfonamides is 1.